The summed E-state index contributed by atoms with van der Waals surface area (Å²) in [6.45, 7) is 0. The minimum atomic E-state index is -0.292. The highest BCUT2D eigenvalue weighted by Crippen LogP contribution is 2.16. The lowest BCUT2D eigenvalue weighted by Gasteiger charge is -2.07. The van der Waals surface area contributed by atoms with Crippen molar-refractivity contribution in [3.8, 4) is 6.07 Å². The van der Waals surface area contributed by atoms with Crippen molar-refractivity contribution < 1.29 is 0 Å². The molecule has 3 nitrogen and oxygen atoms in total. The molecule has 1 aromatic heterocycles. The lowest BCUT2D eigenvalue weighted by atomic mass is 10.1. The quantitative estimate of drug-likeness (QED) is 0.867. The summed E-state index contributed by atoms with van der Waals surface area (Å²) >= 11 is 0. The van der Waals surface area contributed by atoms with Crippen LogP contribution in [0.4, 0.5) is 0 Å². The lowest BCUT2D eigenvalue weighted by Crippen LogP contribution is -2.10. The Morgan fingerprint density at radius 3 is 2.75 bits per heavy atom. The van der Waals surface area contributed by atoms with E-state index in [4.69, 9.17) is 11.0 Å². The van der Waals surface area contributed by atoms with Crippen molar-refractivity contribution in [3.05, 3.63) is 42.1 Å². The Labute approximate surface area is 100 Å². The smallest absolute Gasteiger partial charge is 0.0706 e. The van der Waals surface area contributed by atoms with E-state index in [1.54, 1.807) is 0 Å². The Morgan fingerprint density at radius 2 is 2.00 bits per heavy atom. The molecule has 0 spiro atoms. The molecule has 16 heavy (non-hydrogen) atoms. The number of rotatable bonds is 2. The van der Waals surface area contributed by atoms with Gasteiger partial charge in [0.05, 0.1) is 29.7 Å². The molecule has 0 saturated carbocycles. The number of hydrogen-bond acceptors (Lipinski definition) is 3. The molecule has 0 amide bonds. The SMILES string of the molecule is Cl.N#CC[C@H](N)c1ccc2ccccc2n1. The zero-order valence-corrected chi connectivity index (χ0v) is 9.45. The predicted molar refractivity (Wildman–Crippen MR) is 66.1 cm³/mol. The van der Waals surface area contributed by atoms with Crippen LogP contribution in [0.25, 0.3) is 10.9 Å². The second-order valence-corrected chi connectivity index (χ2v) is 3.40. The van der Waals surface area contributed by atoms with Crippen LogP contribution in [0, 0.1) is 11.3 Å². The van der Waals surface area contributed by atoms with Gasteiger partial charge in [0.1, 0.15) is 0 Å². The van der Waals surface area contributed by atoms with Crippen molar-refractivity contribution in [2.75, 3.05) is 0 Å². The van der Waals surface area contributed by atoms with Gasteiger partial charge in [-0.1, -0.05) is 24.3 Å². The minimum absolute atomic E-state index is 0. The van der Waals surface area contributed by atoms with E-state index in [9.17, 15) is 0 Å². The first-order valence-corrected chi connectivity index (χ1v) is 4.79. The van der Waals surface area contributed by atoms with Gasteiger partial charge in [-0.05, 0) is 12.1 Å². The molecule has 82 valence electrons. The third-order valence-electron chi connectivity index (χ3n) is 2.31. The highest BCUT2D eigenvalue weighted by Gasteiger charge is 2.06. The van der Waals surface area contributed by atoms with Gasteiger partial charge in [-0.2, -0.15) is 5.26 Å². The number of para-hydroxylation sites is 1. The van der Waals surface area contributed by atoms with Crippen molar-refractivity contribution in [2.24, 2.45) is 5.73 Å². The van der Waals surface area contributed by atoms with Gasteiger partial charge in [0.25, 0.3) is 0 Å². The molecular formula is C12H12ClN3. The van der Waals surface area contributed by atoms with Gasteiger partial charge in [0, 0.05) is 5.39 Å². The predicted octanol–water partition coefficient (Wildman–Crippen LogP) is 2.57. The third-order valence-corrected chi connectivity index (χ3v) is 2.31. The van der Waals surface area contributed by atoms with E-state index in [-0.39, 0.29) is 18.4 Å². The Kier molecular flexibility index (Phi) is 4.24. The molecule has 1 aromatic carbocycles. The molecule has 0 saturated heterocycles. The second-order valence-electron chi connectivity index (χ2n) is 3.40. The number of nitriles is 1. The fraction of sp³-hybridized carbons (Fsp3) is 0.167. The van der Waals surface area contributed by atoms with Crippen LogP contribution in [0.1, 0.15) is 18.2 Å². The standard InChI is InChI=1S/C12H11N3.ClH/c13-8-7-10(14)12-6-5-9-3-1-2-4-11(9)15-12;/h1-6,10H,7,14H2;1H/t10-;/m0./s1. The first kappa shape index (κ1) is 12.4. The number of hydrogen-bond donors (Lipinski definition) is 1. The molecule has 2 aromatic rings. The molecule has 1 atom stereocenters. The molecule has 0 aliphatic rings. The van der Waals surface area contributed by atoms with Crippen molar-refractivity contribution >= 4 is 23.3 Å². The fourth-order valence-corrected chi connectivity index (χ4v) is 1.49. The first-order chi connectivity index (χ1) is 7.31. The van der Waals surface area contributed by atoms with E-state index in [1.807, 2.05) is 42.5 Å². The maximum absolute atomic E-state index is 8.55. The Balaban J connectivity index is 0.00000128. The number of benzene rings is 1. The molecule has 0 aliphatic heterocycles. The minimum Gasteiger partial charge on any atom is -0.322 e. The maximum atomic E-state index is 8.55. The van der Waals surface area contributed by atoms with Crippen LogP contribution >= 0.6 is 12.4 Å². The summed E-state index contributed by atoms with van der Waals surface area (Å²) in [5.74, 6) is 0. The van der Waals surface area contributed by atoms with E-state index >= 15 is 0 Å². The molecule has 0 radical (unpaired) electrons. The maximum Gasteiger partial charge on any atom is 0.0706 e. The van der Waals surface area contributed by atoms with Gasteiger partial charge in [-0.25, -0.2) is 0 Å². The highest BCUT2D eigenvalue weighted by molar-refractivity contribution is 5.85. The molecule has 2 N–H and O–H groups in total. The zero-order valence-electron chi connectivity index (χ0n) is 8.63. The van der Waals surface area contributed by atoms with Gasteiger partial charge in [-0.3, -0.25) is 4.98 Å². The second kappa shape index (κ2) is 5.45. The van der Waals surface area contributed by atoms with Gasteiger partial charge in [0.15, 0.2) is 0 Å². The van der Waals surface area contributed by atoms with Crippen LogP contribution < -0.4 is 5.73 Å². The first-order valence-electron chi connectivity index (χ1n) is 4.79. The number of aromatic nitrogens is 1. The summed E-state index contributed by atoms with van der Waals surface area (Å²) in [5.41, 5.74) is 7.50. The number of nitrogens with zero attached hydrogens (tertiary/aromatic N) is 2. The monoisotopic (exact) mass is 233 g/mol. The fourth-order valence-electron chi connectivity index (χ4n) is 1.49. The van der Waals surface area contributed by atoms with Crippen LogP contribution in [-0.4, -0.2) is 4.98 Å². The summed E-state index contributed by atoms with van der Waals surface area (Å²) < 4.78 is 0. The van der Waals surface area contributed by atoms with Gasteiger partial charge < -0.3 is 5.73 Å². The molecular weight excluding hydrogens is 222 g/mol. The number of nitrogens with two attached hydrogens (primary N) is 1. The third kappa shape index (κ3) is 2.48. The van der Waals surface area contributed by atoms with Crippen LogP contribution in [0.3, 0.4) is 0 Å². The molecule has 0 aliphatic carbocycles. The van der Waals surface area contributed by atoms with E-state index in [0.717, 1.165) is 16.6 Å². The molecule has 0 fully saturated rings. The Morgan fingerprint density at radius 1 is 1.25 bits per heavy atom. The Bertz CT molecular complexity index is 519. The molecule has 0 unspecified atom stereocenters. The summed E-state index contributed by atoms with van der Waals surface area (Å²) in [4.78, 5) is 4.42. The average molecular weight is 234 g/mol. The summed E-state index contributed by atoms with van der Waals surface area (Å²) in [7, 11) is 0. The van der Waals surface area contributed by atoms with Crippen molar-refractivity contribution in [3.63, 3.8) is 0 Å². The van der Waals surface area contributed by atoms with Gasteiger partial charge in [-0.15, -0.1) is 12.4 Å². The van der Waals surface area contributed by atoms with Crippen molar-refractivity contribution in [2.45, 2.75) is 12.5 Å². The summed E-state index contributed by atoms with van der Waals surface area (Å²) in [6.07, 6.45) is 0.297. The van der Waals surface area contributed by atoms with Crippen LogP contribution in [0.5, 0.6) is 0 Å². The van der Waals surface area contributed by atoms with E-state index < -0.39 is 0 Å². The normalized spacial score (nSPS) is 11.5. The van der Waals surface area contributed by atoms with E-state index in [2.05, 4.69) is 4.98 Å². The van der Waals surface area contributed by atoms with Crippen LogP contribution in [0.2, 0.25) is 0 Å². The van der Waals surface area contributed by atoms with Crippen molar-refractivity contribution in [1.82, 2.24) is 4.98 Å². The van der Waals surface area contributed by atoms with Gasteiger partial charge >= 0.3 is 0 Å². The molecule has 1 heterocycles. The van der Waals surface area contributed by atoms with Crippen LogP contribution in [-0.2, 0) is 0 Å². The lowest BCUT2D eigenvalue weighted by molar-refractivity contribution is 0.724. The highest BCUT2D eigenvalue weighted by atomic mass is 35.5. The number of pyridine rings is 1. The van der Waals surface area contributed by atoms with Gasteiger partial charge in [0.2, 0.25) is 0 Å². The van der Waals surface area contributed by atoms with E-state index in [0.29, 0.717) is 6.42 Å². The molecule has 4 heteroatoms. The van der Waals surface area contributed by atoms with E-state index in [1.165, 1.54) is 0 Å². The number of halogens is 1. The zero-order chi connectivity index (χ0) is 10.7. The summed E-state index contributed by atoms with van der Waals surface area (Å²) in [6, 6.07) is 13.5. The molecule has 0 bridgehead atoms. The average Bonchev–Trinajstić information content (AvgIpc) is 2.29. The largest absolute Gasteiger partial charge is 0.322 e. The van der Waals surface area contributed by atoms with Crippen molar-refractivity contribution in [1.29, 1.82) is 5.26 Å². The van der Waals surface area contributed by atoms with Crippen LogP contribution in [0.15, 0.2) is 36.4 Å². The topological polar surface area (TPSA) is 62.7 Å². The Hall–Kier alpha value is -1.63. The summed E-state index contributed by atoms with van der Waals surface area (Å²) in [5, 5.41) is 9.64. The molecule has 2 rings (SSSR count). The number of fused-ring (bicyclic) bond motifs is 1.